The first-order valence-electron chi connectivity index (χ1n) is 22.6. The molecule has 4 aromatic rings. The van der Waals surface area contributed by atoms with Crippen LogP contribution in [0.25, 0.3) is 10.9 Å². The highest BCUT2D eigenvalue weighted by atomic mass is 16.2. The Labute approximate surface area is 392 Å². The molecule has 2 aromatic heterocycles. The van der Waals surface area contributed by atoms with Crippen molar-refractivity contribution in [3.63, 3.8) is 0 Å². The van der Waals surface area contributed by atoms with Gasteiger partial charge in [-0.25, -0.2) is 4.98 Å². The lowest BCUT2D eigenvalue weighted by molar-refractivity contribution is -0.136. The summed E-state index contributed by atoms with van der Waals surface area (Å²) in [5.74, 6) is -6.78. The van der Waals surface area contributed by atoms with Gasteiger partial charge in [-0.3, -0.25) is 43.2 Å². The Kier molecular flexibility index (Phi) is 19.6. The molecule has 0 spiro atoms. The van der Waals surface area contributed by atoms with E-state index in [-0.39, 0.29) is 45.1 Å². The molecule has 0 aliphatic carbocycles. The number of benzene rings is 2. The maximum Gasteiger partial charge on any atom is 0.243 e. The highest BCUT2D eigenvalue weighted by Crippen LogP contribution is 2.20. The van der Waals surface area contributed by atoms with Gasteiger partial charge in [0.2, 0.25) is 53.2 Å². The van der Waals surface area contributed by atoms with E-state index in [1.807, 2.05) is 24.3 Å². The molecule has 1 saturated heterocycles. The minimum Gasteiger partial charge on any atom is -0.368 e. The number of H-pyrrole nitrogens is 2. The molecule has 1 aliphatic heterocycles. The first-order chi connectivity index (χ1) is 32.7. The molecule has 1 fully saturated rings. The number of carbonyl (C=O) groups excluding carboxylic acids is 9. The van der Waals surface area contributed by atoms with E-state index >= 15 is 0 Å². The van der Waals surface area contributed by atoms with E-state index in [9.17, 15) is 43.2 Å². The summed E-state index contributed by atoms with van der Waals surface area (Å²) in [6, 6.07) is 8.14. The zero-order valence-electron chi connectivity index (χ0n) is 37.9. The van der Waals surface area contributed by atoms with Crippen LogP contribution in [0.15, 0.2) is 73.3 Å². The normalized spacial score (nSPS) is 21.8. The summed E-state index contributed by atoms with van der Waals surface area (Å²) in [6.45, 7) is 1.04. The van der Waals surface area contributed by atoms with Crippen LogP contribution in [-0.4, -0.2) is 124 Å². The van der Waals surface area contributed by atoms with E-state index in [2.05, 4.69) is 57.5 Å². The quantitative estimate of drug-likeness (QED) is 0.0631. The van der Waals surface area contributed by atoms with Crippen LogP contribution >= 0.6 is 0 Å². The summed E-state index contributed by atoms with van der Waals surface area (Å²) in [4.78, 5) is 132. The van der Waals surface area contributed by atoms with Crippen molar-refractivity contribution in [3.05, 3.63) is 90.1 Å². The topological polar surface area (TPSA) is 346 Å². The Hall–Kier alpha value is -7.62. The van der Waals surface area contributed by atoms with Crippen LogP contribution in [0, 0.1) is 0 Å². The van der Waals surface area contributed by atoms with E-state index in [4.69, 9.17) is 11.5 Å². The van der Waals surface area contributed by atoms with Crippen LogP contribution in [0.5, 0.6) is 0 Å². The average molecular weight is 940 g/mol. The highest BCUT2D eigenvalue weighted by molar-refractivity contribution is 5.98. The molecule has 2 aromatic carbocycles. The number of fused-ring (bicyclic) bond motifs is 1. The van der Waals surface area contributed by atoms with Gasteiger partial charge in [0.05, 0.1) is 19.3 Å². The number of aromatic amines is 2. The van der Waals surface area contributed by atoms with E-state index in [1.54, 1.807) is 36.5 Å². The smallest absolute Gasteiger partial charge is 0.243 e. The van der Waals surface area contributed by atoms with Crippen LogP contribution in [-0.2, 0) is 62.4 Å². The Balaban J connectivity index is 1.52. The molecular formula is C46H61N13O9. The summed E-state index contributed by atoms with van der Waals surface area (Å²) < 4.78 is 0. The Morgan fingerprint density at radius 1 is 0.735 bits per heavy atom. The third-order valence-corrected chi connectivity index (χ3v) is 11.3. The van der Waals surface area contributed by atoms with E-state index in [1.165, 1.54) is 19.4 Å². The summed E-state index contributed by atoms with van der Waals surface area (Å²) >= 11 is 0. The molecule has 1 aliphatic rings. The van der Waals surface area contributed by atoms with E-state index in [0.29, 0.717) is 42.6 Å². The van der Waals surface area contributed by atoms with Crippen molar-refractivity contribution in [2.45, 2.75) is 107 Å². The number of nitrogens with one attached hydrogen (secondary N) is 10. The SMILES string of the molecule is CC(=O)NCC(=O)NC1CC(=O)NCCCCC(C(N)=O)NC(=O)[C@H](Cc2c[nH]c3ccccc23)NC(=O)[C@H](CCCCN)NC(=O)C(Cc2ccccc2)NC(=O)[C@H](Cc2cnc[nH]2)NC1=O. The van der Waals surface area contributed by atoms with Crippen molar-refractivity contribution in [2.75, 3.05) is 19.6 Å². The third kappa shape index (κ3) is 16.1. The molecule has 3 unspecified atom stereocenters. The zero-order valence-corrected chi connectivity index (χ0v) is 37.9. The minimum absolute atomic E-state index is 0.0205. The Morgan fingerprint density at radius 2 is 1.38 bits per heavy atom. The van der Waals surface area contributed by atoms with Gasteiger partial charge in [0.25, 0.3) is 0 Å². The average Bonchev–Trinajstić information content (AvgIpc) is 3.99. The molecule has 22 heteroatoms. The second-order valence-electron chi connectivity index (χ2n) is 16.6. The molecule has 14 N–H and O–H groups in total. The number of nitrogens with zero attached hydrogens (tertiary/aromatic N) is 1. The maximum absolute atomic E-state index is 14.5. The maximum atomic E-state index is 14.5. The van der Waals surface area contributed by atoms with Crippen molar-refractivity contribution in [3.8, 4) is 0 Å². The van der Waals surface area contributed by atoms with Crippen LogP contribution < -0.4 is 54.0 Å². The second-order valence-corrected chi connectivity index (χ2v) is 16.6. The van der Waals surface area contributed by atoms with Gasteiger partial charge in [0.15, 0.2) is 0 Å². The van der Waals surface area contributed by atoms with Crippen LogP contribution in [0.1, 0.15) is 68.7 Å². The number of unbranched alkanes of at least 4 members (excludes halogenated alkanes) is 1. The van der Waals surface area contributed by atoms with E-state index in [0.717, 1.165) is 10.9 Å². The number of carbonyl (C=O) groups is 9. The van der Waals surface area contributed by atoms with Crippen LogP contribution in [0.3, 0.4) is 0 Å². The molecule has 68 heavy (non-hydrogen) atoms. The standard InChI is InChI=1S/C46H61N13O9/c1-27(60)51-25-40(62)54-38-22-39(61)50-18-10-8-15-33(41(48)63)55-44(66)36(20-29-23-52-32-14-6-5-13-31(29)32)58-42(64)34(16-7-9-17-47)56-43(65)35(19-28-11-3-2-4-12-28)57-45(67)37(59-46(38)68)21-30-24-49-26-53-30/h2-6,11-14,23-24,26,33-38,52H,7-10,15-22,25,47H2,1H3,(H2,48,63)(H,49,53)(H,50,61)(H,51,60)(H,54,62)(H,55,66)(H,56,65)(H,57,67)(H,58,64)(H,59,68)/t33?,34-,35?,36-,37-,38?/m0/s1. The number of rotatable bonds is 14. The third-order valence-electron chi connectivity index (χ3n) is 11.3. The molecule has 22 nitrogen and oxygen atoms in total. The summed E-state index contributed by atoms with van der Waals surface area (Å²) in [5, 5.41) is 21.9. The summed E-state index contributed by atoms with van der Waals surface area (Å²) in [7, 11) is 0. The predicted molar refractivity (Wildman–Crippen MR) is 248 cm³/mol. The zero-order chi connectivity index (χ0) is 49.0. The number of aromatic nitrogens is 3. The number of para-hydroxylation sites is 1. The number of primary amides is 1. The van der Waals surface area contributed by atoms with Gasteiger partial charge in [0, 0.05) is 61.7 Å². The molecule has 0 bridgehead atoms. The van der Waals surface area contributed by atoms with Crippen molar-refractivity contribution in [1.82, 2.24) is 57.5 Å². The summed E-state index contributed by atoms with van der Waals surface area (Å²) in [5.41, 5.74) is 14.1. The molecule has 3 heterocycles. The number of nitrogens with two attached hydrogens (primary N) is 2. The Morgan fingerprint density at radius 3 is 2.07 bits per heavy atom. The van der Waals surface area contributed by atoms with Gasteiger partial charge < -0.3 is 64.0 Å². The van der Waals surface area contributed by atoms with E-state index < -0.39 is 102 Å². The van der Waals surface area contributed by atoms with Gasteiger partial charge in [-0.05, 0) is 62.3 Å². The highest BCUT2D eigenvalue weighted by Gasteiger charge is 2.34. The van der Waals surface area contributed by atoms with Crippen molar-refractivity contribution >= 4 is 64.1 Å². The van der Waals surface area contributed by atoms with Gasteiger partial charge in [-0.2, -0.15) is 0 Å². The second kappa shape index (κ2) is 25.9. The number of hydrogen-bond acceptors (Lipinski definition) is 11. The lowest BCUT2D eigenvalue weighted by atomic mass is 10.0. The fourth-order valence-electron chi connectivity index (χ4n) is 7.64. The van der Waals surface area contributed by atoms with Gasteiger partial charge >= 0.3 is 0 Å². The lowest BCUT2D eigenvalue weighted by Crippen LogP contribution is -2.60. The van der Waals surface area contributed by atoms with Crippen molar-refractivity contribution in [1.29, 1.82) is 0 Å². The molecule has 6 atom stereocenters. The van der Waals surface area contributed by atoms with Crippen LogP contribution in [0.2, 0.25) is 0 Å². The molecule has 0 radical (unpaired) electrons. The molecule has 9 amide bonds. The monoisotopic (exact) mass is 939 g/mol. The van der Waals surface area contributed by atoms with Crippen LogP contribution in [0.4, 0.5) is 0 Å². The lowest BCUT2D eigenvalue weighted by Gasteiger charge is -2.27. The fourth-order valence-corrected chi connectivity index (χ4v) is 7.64. The number of amides is 9. The van der Waals surface area contributed by atoms with Crippen molar-refractivity contribution < 1.29 is 43.2 Å². The number of hydrogen-bond donors (Lipinski definition) is 12. The number of imidazole rings is 1. The Bertz CT molecular complexity index is 2370. The molecule has 0 saturated carbocycles. The first kappa shape index (κ1) is 51.4. The van der Waals surface area contributed by atoms with Gasteiger partial charge in [-0.1, -0.05) is 48.5 Å². The first-order valence-corrected chi connectivity index (χ1v) is 22.6. The largest absolute Gasteiger partial charge is 0.368 e. The van der Waals surface area contributed by atoms with Gasteiger partial charge in [-0.15, -0.1) is 0 Å². The molecule has 5 rings (SSSR count). The molecule has 364 valence electrons. The predicted octanol–water partition coefficient (Wildman–Crippen LogP) is -1.73. The summed E-state index contributed by atoms with van der Waals surface area (Å²) in [6.07, 6.45) is 5.30. The minimum atomic E-state index is -1.54. The van der Waals surface area contributed by atoms with Crippen molar-refractivity contribution in [2.24, 2.45) is 11.5 Å². The fraction of sp³-hybridized carbons (Fsp3) is 0.435. The molecular weight excluding hydrogens is 879 g/mol. The van der Waals surface area contributed by atoms with Gasteiger partial charge in [0.1, 0.15) is 36.3 Å².